The Hall–Kier alpha value is -2.48. The third kappa shape index (κ3) is 2.75. The highest BCUT2D eigenvalue weighted by Crippen LogP contribution is 2.36. The molecule has 0 unspecified atom stereocenters. The van der Waals surface area contributed by atoms with Gasteiger partial charge in [0.1, 0.15) is 5.75 Å². The van der Waals surface area contributed by atoms with Gasteiger partial charge in [0.25, 0.3) is 0 Å². The minimum absolute atomic E-state index is 0.152. The van der Waals surface area contributed by atoms with Crippen LogP contribution in [0.1, 0.15) is 22.3 Å². The minimum atomic E-state index is 0.152. The number of hydrogen-bond donors (Lipinski definition) is 1. The molecule has 2 aromatic carbocycles. The lowest BCUT2D eigenvalue weighted by Crippen LogP contribution is -1.91. The number of aryl methyl sites for hydroxylation is 2. The second kappa shape index (κ2) is 5.66. The van der Waals surface area contributed by atoms with Gasteiger partial charge in [-0.3, -0.25) is 0 Å². The van der Waals surface area contributed by atoms with Crippen LogP contribution in [0, 0.1) is 13.8 Å². The second-order valence-electron chi connectivity index (χ2n) is 4.72. The first-order valence-electron chi connectivity index (χ1n) is 6.42. The lowest BCUT2D eigenvalue weighted by molar-refractivity contribution is 0.407. The predicted molar refractivity (Wildman–Crippen MR) is 84.3 cm³/mol. The Bertz CT molecular complexity index is 669. The first-order chi connectivity index (χ1) is 9.55. The molecule has 0 aliphatic rings. The van der Waals surface area contributed by atoms with Crippen molar-refractivity contribution in [2.45, 2.75) is 13.8 Å². The van der Waals surface area contributed by atoms with E-state index in [0.717, 1.165) is 22.3 Å². The van der Waals surface area contributed by atoms with Crippen molar-refractivity contribution in [1.29, 1.82) is 0 Å². The molecule has 0 spiro atoms. The molecular formula is C18H18O2. The normalized spacial score (nSPS) is 10.1. The molecule has 0 aliphatic carbocycles. The molecule has 2 aromatic rings. The smallest absolute Gasteiger partial charge is 0.169 e. The summed E-state index contributed by atoms with van der Waals surface area (Å²) in [5, 5.41) is 10.1. The van der Waals surface area contributed by atoms with Gasteiger partial charge in [-0.05, 0) is 54.3 Å². The maximum Gasteiger partial charge on any atom is 0.169 e. The molecule has 0 atom stereocenters. The quantitative estimate of drug-likeness (QED) is 0.835. The number of phenolic OH excluding ortho intramolecular Hbond substituents is 1. The van der Waals surface area contributed by atoms with Crippen LogP contribution in [-0.2, 0) is 0 Å². The zero-order valence-electron chi connectivity index (χ0n) is 11.8. The van der Waals surface area contributed by atoms with Crippen LogP contribution in [0.15, 0.2) is 43.5 Å². The van der Waals surface area contributed by atoms with Crippen molar-refractivity contribution in [3.8, 4) is 17.2 Å². The molecular weight excluding hydrogens is 248 g/mol. The molecule has 0 aliphatic heterocycles. The highest BCUT2D eigenvalue weighted by molar-refractivity contribution is 5.59. The molecule has 1 N–H and O–H groups in total. The standard InChI is InChI=1S/C18H18O2/c1-5-14-8-7-12(3)16(10-14)20-17-11-15(6-2)9-13(4)18(17)19/h5-11,19H,1-2H2,3-4H3. The number of rotatable bonds is 4. The average Bonchev–Trinajstić information content (AvgIpc) is 2.45. The molecule has 0 fully saturated rings. The van der Waals surface area contributed by atoms with E-state index >= 15 is 0 Å². The molecule has 0 radical (unpaired) electrons. The van der Waals surface area contributed by atoms with Crippen molar-refractivity contribution in [1.82, 2.24) is 0 Å². The molecule has 2 rings (SSSR count). The minimum Gasteiger partial charge on any atom is -0.504 e. The zero-order chi connectivity index (χ0) is 14.7. The molecule has 102 valence electrons. The Morgan fingerprint density at radius 3 is 2.20 bits per heavy atom. The number of ether oxygens (including phenoxy) is 1. The van der Waals surface area contributed by atoms with Crippen molar-refractivity contribution in [2.75, 3.05) is 0 Å². The van der Waals surface area contributed by atoms with Crippen LogP contribution in [0.2, 0.25) is 0 Å². The Morgan fingerprint density at radius 2 is 1.55 bits per heavy atom. The summed E-state index contributed by atoms with van der Waals surface area (Å²) < 4.78 is 5.86. The largest absolute Gasteiger partial charge is 0.504 e. The first-order valence-corrected chi connectivity index (χ1v) is 6.42. The van der Waals surface area contributed by atoms with Gasteiger partial charge in [-0.1, -0.05) is 37.4 Å². The Kier molecular flexibility index (Phi) is 3.94. The van der Waals surface area contributed by atoms with Gasteiger partial charge >= 0.3 is 0 Å². The molecule has 0 amide bonds. The SMILES string of the molecule is C=Cc1ccc(C)c(Oc2cc(C=C)cc(C)c2O)c1. The lowest BCUT2D eigenvalue weighted by atomic mass is 10.1. The summed E-state index contributed by atoms with van der Waals surface area (Å²) in [5.74, 6) is 1.29. The van der Waals surface area contributed by atoms with Crippen LogP contribution in [0.5, 0.6) is 17.2 Å². The van der Waals surface area contributed by atoms with E-state index in [4.69, 9.17) is 4.74 Å². The topological polar surface area (TPSA) is 29.5 Å². The fourth-order valence-corrected chi connectivity index (χ4v) is 1.94. The summed E-state index contributed by atoms with van der Waals surface area (Å²) in [4.78, 5) is 0. The van der Waals surface area contributed by atoms with E-state index in [1.807, 2.05) is 38.1 Å². The number of aromatic hydroxyl groups is 1. The maximum atomic E-state index is 10.1. The van der Waals surface area contributed by atoms with Crippen LogP contribution in [-0.4, -0.2) is 5.11 Å². The van der Waals surface area contributed by atoms with Crippen molar-refractivity contribution in [3.05, 3.63) is 65.7 Å². The van der Waals surface area contributed by atoms with E-state index in [1.165, 1.54) is 0 Å². The number of hydrogen-bond acceptors (Lipinski definition) is 2. The molecule has 0 saturated heterocycles. The van der Waals surface area contributed by atoms with Gasteiger partial charge < -0.3 is 9.84 Å². The zero-order valence-corrected chi connectivity index (χ0v) is 11.8. The van der Waals surface area contributed by atoms with Crippen molar-refractivity contribution in [3.63, 3.8) is 0 Å². The van der Waals surface area contributed by atoms with Crippen molar-refractivity contribution >= 4 is 12.2 Å². The van der Waals surface area contributed by atoms with E-state index in [1.54, 1.807) is 18.2 Å². The fourth-order valence-electron chi connectivity index (χ4n) is 1.94. The highest BCUT2D eigenvalue weighted by Gasteiger charge is 2.10. The molecule has 0 aromatic heterocycles. The third-order valence-corrected chi connectivity index (χ3v) is 3.19. The van der Waals surface area contributed by atoms with Gasteiger partial charge in [0.05, 0.1) is 0 Å². The third-order valence-electron chi connectivity index (χ3n) is 3.19. The fraction of sp³-hybridized carbons (Fsp3) is 0.111. The molecule has 2 nitrogen and oxygen atoms in total. The number of benzene rings is 2. The summed E-state index contributed by atoms with van der Waals surface area (Å²) in [6.45, 7) is 11.3. The Balaban J connectivity index is 2.46. The van der Waals surface area contributed by atoms with Crippen molar-refractivity contribution < 1.29 is 9.84 Å². The van der Waals surface area contributed by atoms with E-state index in [2.05, 4.69) is 13.2 Å². The van der Waals surface area contributed by atoms with Gasteiger partial charge in [0.15, 0.2) is 11.5 Å². The summed E-state index contributed by atoms with van der Waals surface area (Å²) in [5.41, 5.74) is 3.64. The number of phenols is 1. The van der Waals surface area contributed by atoms with Crippen LogP contribution in [0.4, 0.5) is 0 Å². The Morgan fingerprint density at radius 1 is 0.900 bits per heavy atom. The molecule has 0 heterocycles. The van der Waals surface area contributed by atoms with Gasteiger partial charge in [-0.25, -0.2) is 0 Å². The van der Waals surface area contributed by atoms with Crippen LogP contribution >= 0.6 is 0 Å². The van der Waals surface area contributed by atoms with Crippen LogP contribution in [0.25, 0.3) is 12.2 Å². The van der Waals surface area contributed by atoms with E-state index in [0.29, 0.717) is 11.5 Å². The lowest BCUT2D eigenvalue weighted by Gasteiger charge is -2.13. The molecule has 2 heteroatoms. The van der Waals surface area contributed by atoms with Gasteiger partial charge in [0.2, 0.25) is 0 Å². The summed E-state index contributed by atoms with van der Waals surface area (Å²) in [6, 6.07) is 9.48. The van der Waals surface area contributed by atoms with Crippen LogP contribution < -0.4 is 4.74 Å². The van der Waals surface area contributed by atoms with Gasteiger partial charge in [-0.15, -0.1) is 0 Å². The van der Waals surface area contributed by atoms with E-state index < -0.39 is 0 Å². The Labute approximate surface area is 119 Å². The first kappa shape index (κ1) is 13.9. The molecule has 0 bridgehead atoms. The molecule has 20 heavy (non-hydrogen) atoms. The van der Waals surface area contributed by atoms with Crippen LogP contribution in [0.3, 0.4) is 0 Å². The maximum absolute atomic E-state index is 10.1. The predicted octanol–water partition coefficient (Wildman–Crippen LogP) is 5.09. The summed E-state index contributed by atoms with van der Waals surface area (Å²) in [6.07, 6.45) is 3.49. The van der Waals surface area contributed by atoms with E-state index in [9.17, 15) is 5.11 Å². The van der Waals surface area contributed by atoms with Crippen molar-refractivity contribution in [2.24, 2.45) is 0 Å². The van der Waals surface area contributed by atoms with Gasteiger partial charge in [0, 0.05) is 0 Å². The average molecular weight is 266 g/mol. The highest BCUT2D eigenvalue weighted by atomic mass is 16.5. The second-order valence-corrected chi connectivity index (χ2v) is 4.72. The molecule has 0 saturated carbocycles. The summed E-state index contributed by atoms with van der Waals surface area (Å²) in [7, 11) is 0. The summed E-state index contributed by atoms with van der Waals surface area (Å²) >= 11 is 0. The van der Waals surface area contributed by atoms with E-state index in [-0.39, 0.29) is 5.75 Å². The monoisotopic (exact) mass is 266 g/mol. The van der Waals surface area contributed by atoms with Gasteiger partial charge in [-0.2, -0.15) is 0 Å².